The van der Waals surface area contributed by atoms with E-state index in [1.807, 2.05) is 0 Å². The summed E-state index contributed by atoms with van der Waals surface area (Å²) in [6.45, 7) is 20.6. The summed E-state index contributed by atoms with van der Waals surface area (Å²) in [4.78, 5) is 0. The first kappa shape index (κ1) is 20.5. The van der Waals surface area contributed by atoms with E-state index in [0.29, 0.717) is 0 Å². The van der Waals surface area contributed by atoms with E-state index in [2.05, 4.69) is 70.3 Å². The number of allylic oxidation sites excluding steroid dienone is 3. The second-order valence-electron chi connectivity index (χ2n) is 8.05. The molecule has 0 amide bonds. The summed E-state index contributed by atoms with van der Waals surface area (Å²) in [6, 6.07) is 0. The van der Waals surface area contributed by atoms with Crippen LogP contribution in [0.25, 0.3) is 0 Å². The van der Waals surface area contributed by atoms with E-state index >= 15 is 0 Å². The minimum absolute atomic E-state index is 1.16. The molecule has 0 saturated heterocycles. The van der Waals surface area contributed by atoms with Crippen molar-refractivity contribution in [3.63, 3.8) is 0 Å². The zero-order chi connectivity index (χ0) is 16.5. The molecule has 21 heavy (non-hydrogen) atoms. The first-order valence-corrected chi connectivity index (χ1v) is 15.5. The van der Waals surface area contributed by atoms with Gasteiger partial charge in [0.2, 0.25) is 0 Å². The van der Waals surface area contributed by atoms with Gasteiger partial charge in [-0.3, -0.25) is 0 Å². The van der Waals surface area contributed by atoms with Crippen LogP contribution in [0.15, 0.2) is 23.4 Å². The van der Waals surface area contributed by atoms with Gasteiger partial charge in [-0.25, -0.2) is 0 Å². The molecule has 0 aliphatic rings. The van der Waals surface area contributed by atoms with E-state index in [9.17, 15) is 0 Å². The maximum absolute atomic E-state index is 4.36. The van der Waals surface area contributed by atoms with Gasteiger partial charge < -0.3 is 0 Å². The lowest BCUT2D eigenvalue weighted by Gasteiger charge is -2.20. The fourth-order valence-corrected chi connectivity index (χ4v) is 3.39. The number of hydrogen-bond donors (Lipinski definition) is 0. The molecule has 0 unspecified atom stereocenters. The van der Waals surface area contributed by atoms with Crippen LogP contribution in [-0.2, 0) is 0 Å². The molecular weight excluding hydrogens is 284 g/mol. The van der Waals surface area contributed by atoms with Crippen molar-refractivity contribution >= 4 is 16.1 Å². The molecule has 120 valence electrons. The Morgan fingerprint density at radius 1 is 0.952 bits per heavy atom. The van der Waals surface area contributed by atoms with E-state index in [-0.39, 0.29) is 0 Å². The van der Waals surface area contributed by atoms with Gasteiger partial charge >= 0.3 is 0 Å². The maximum atomic E-state index is 4.36. The zero-order valence-electron chi connectivity index (χ0n) is 15.5. The summed E-state index contributed by atoms with van der Waals surface area (Å²) in [5.74, 6) is 3.48. The zero-order valence-corrected chi connectivity index (χ0v) is 17.5. The number of rotatable bonds is 8. The van der Waals surface area contributed by atoms with Crippen LogP contribution in [0.2, 0.25) is 39.3 Å². The third-order valence-corrected chi connectivity index (χ3v) is 6.41. The summed E-state index contributed by atoms with van der Waals surface area (Å²) in [5, 5.41) is 1.32. The molecule has 0 bridgehead atoms. The van der Waals surface area contributed by atoms with E-state index < -0.39 is 16.1 Å². The maximum Gasteiger partial charge on any atom is 0.129 e. The lowest BCUT2D eigenvalue weighted by atomic mass is 10.1. The van der Waals surface area contributed by atoms with Gasteiger partial charge in [0.15, 0.2) is 0 Å². The Kier molecular flexibility index (Phi) is 9.25. The molecule has 0 radical (unpaired) electrons. The molecule has 0 spiro atoms. The highest BCUT2D eigenvalue weighted by atomic mass is 28.3. The van der Waals surface area contributed by atoms with Crippen LogP contribution < -0.4 is 0 Å². The third kappa shape index (κ3) is 10.8. The van der Waals surface area contributed by atoms with Gasteiger partial charge in [-0.15, -0.1) is 5.54 Å². The molecule has 0 fully saturated rings. The summed E-state index contributed by atoms with van der Waals surface area (Å²) in [6.07, 6.45) is 10.2. The average Bonchev–Trinajstić information content (AvgIpc) is 2.34. The summed E-state index contributed by atoms with van der Waals surface area (Å²) < 4.78 is 0. The van der Waals surface area contributed by atoms with Crippen molar-refractivity contribution < 1.29 is 0 Å². The lowest BCUT2D eigenvalue weighted by molar-refractivity contribution is 0.637. The minimum atomic E-state index is -1.35. The highest BCUT2D eigenvalue weighted by molar-refractivity contribution is 6.85. The molecule has 0 aromatic rings. The number of hydrogen-bond acceptors (Lipinski definition) is 0. The molecule has 0 heterocycles. The van der Waals surface area contributed by atoms with Gasteiger partial charge in [-0.2, -0.15) is 0 Å². The lowest BCUT2D eigenvalue weighted by Crippen LogP contribution is -2.24. The normalized spacial score (nSPS) is 12.8. The summed E-state index contributed by atoms with van der Waals surface area (Å²) in [7, 11) is -2.67. The molecule has 0 rings (SSSR count). The molecule has 0 N–H and O–H groups in total. The van der Waals surface area contributed by atoms with Crippen molar-refractivity contribution in [2.45, 2.75) is 84.7 Å². The van der Waals surface area contributed by atoms with Gasteiger partial charge in [-0.05, 0) is 12.8 Å². The fraction of sp³-hybridized carbons (Fsp3) is 0.684. The standard InChI is InChI=1S/C19H36Si2/c1-9-10-11-12-13-14-15-19(16-17-20(3,4)5)18(2)21(6,7)8/h15H,2,9-14H2,1,3-8H3/b19-15+. The highest BCUT2D eigenvalue weighted by Gasteiger charge is 2.20. The predicted octanol–water partition coefficient (Wildman–Crippen LogP) is 6.59. The monoisotopic (exact) mass is 320 g/mol. The van der Waals surface area contributed by atoms with Crippen LogP contribution >= 0.6 is 0 Å². The minimum Gasteiger partial charge on any atom is -0.127 e. The first-order chi connectivity index (χ1) is 9.58. The van der Waals surface area contributed by atoms with E-state index in [0.717, 1.165) is 6.42 Å². The molecule has 2 heteroatoms. The molecule has 0 aliphatic carbocycles. The Hall–Kier alpha value is -0.526. The van der Waals surface area contributed by atoms with Crippen LogP contribution in [0.4, 0.5) is 0 Å². The summed E-state index contributed by atoms with van der Waals surface area (Å²) in [5.41, 5.74) is 4.76. The highest BCUT2D eigenvalue weighted by Crippen LogP contribution is 2.21. The van der Waals surface area contributed by atoms with Crippen molar-refractivity contribution in [1.29, 1.82) is 0 Å². The van der Waals surface area contributed by atoms with Gasteiger partial charge in [0.05, 0.1) is 8.07 Å². The van der Waals surface area contributed by atoms with E-state index in [4.69, 9.17) is 0 Å². The topological polar surface area (TPSA) is 0 Å². The Balaban J connectivity index is 4.81. The predicted molar refractivity (Wildman–Crippen MR) is 105 cm³/mol. The molecule has 0 aromatic carbocycles. The number of unbranched alkanes of at least 4 members (excludes halogenated alkanes) is 5. The van der Waals surface area contributed by atoms with Crippen molar-refractivity contribution in [2.75, 3.05) is 0 Å². The SMILES string of the molecule is C=C(/C(C#C[Si](C)(C)C)=C/CCCCCCC)[Si](C)(C)C. The smallest absolute Gasteiger partial charge is 0.127 e. The average molecular weight is 321 g/mol. The van der Waals surface area contributed by atoms with Crippen molar-refractivity contribution in [3.8, 4) is 11.5 Å². The second kappa shape index (κ2) is 9.48. The van der Waals surface area contributed by atoms with Crippen molar-refractivity contribution in [1.82, 2.24) is 0 Å². The molecule has 0 saturated carbocycles. The molecule has 0 atom stereocenters. The Bertz CT molecular complexity index is 406. The van der Waals surface area contributed by atoms with Gasteiger partial charge in [0.1, 0.15) is 8.07 Å². The Labute approximate surface area is 136 Å². The first-order valence-electron chi connectivity index (χ1n) is 8.51. The van der Waals surface area contributed by atoms with E-state index in [1.54, 1.807) is 0 Å². The van der Waals surface area contributed by atoms with Crippen molar-refractivity contribution in [2.24, 2.45) is 0 Å². The van der Waals surface area contributed by atoms with Crippen LogP contribution in [0, 0.1) is 11.5 Å². The van der Waals surface area contributed by atoms with Gasteiger partial charge in [-0.1, -0.05) is 95.7 Å². The van der Waals surface area contributed by atoms with Crippen molar-refractivity contribution in [3.05, 3.63) is 23.4 Å². The summed E-state index contributed by atoms with van der Waals surface area (Å²) >= 11 is 0. The Morgan fingerprint density at radius 3 is 2.00 bits per heavy atom. The molecular formula is C19H36Si2. The molecule has 0 nitrogen and oxygen atoms in total. The molecule has 0 aromatic heterocycles. The van der Waals surface area contributed by atoms with Gasteiger partial charge in [0.25, 0.3) is 0 Å². The Morgan fingerprint density at radius 2 is 1.52 bits per heavy atom. The molecule has 0 aliphatic heterocycles. The second-order valence-corrected chi connectivity index (χ2v) is 17.9. The van der Waals surface area contributed by atoms with Crippen LogP contribution in [0.3, 0.4) is 0 Å². The largest absolute Gasteiger partial charge is 0.129 e. The fourth-order valence-electron chi connectivity index (χ4n) is 1.90. The third-order valence-electron chi connectivity index (χ3n) is 3.46. The quantitative estimate of drug-likeness (QED) is 0.205. The van der Waals surface area contributed by atoms with Gasteiger partial charge in [0, 0.05) is 5.57 Å². The van der Waals surface area contributed by atoms with E-state index in [1.165, 1.54) is 42.9 Å². The van der Waals surface area contributed by atoms with Crippen LogP contribution in [-0.4, -0.2) is 16.1 Å². The van der Waals surface area contributed by atoms with Crippen LogP contribution in [0.5, 0.6) is 0 Å². The van der Waals surface area contributed by atoms with Crippen LogP contribution in [0.1, 0.15) is 45.4 Å².